The smallest absolute Gasteiger partial charge is 0.139 e. The molecule has 5 heteroatoms. The summed E-state index contributed by atoms with van der Waals surface area (Å²) >= 11 is 0. The molecular formula is C25H34N4O. The first kappa shape index (κ1) is 19.9. The van der Waals surface area contributed by atoms with Gasteiger partial charge < -0.3 is 20.7 Å². The number of hydrogen-bond donors (Lipinski definition) is 2. The predicted molar refractivity (Wildman–Crippen MR) is 122 cm³/mol. The van der Waals surface area contributed by atoms with Crippen molar-refractivity contribution in [2.24, 2.45) is 5.73 Å². The molecule has 1 aliphatic carbocycles. The van der Waals surface area contributed by atoms with Gasteiger partial charge in [0.25, 0.3) is 0 Å². The Morgan fingerprint density at radius 2 is 1.73 bits per heavy atom. The van der Waals surface area contributed by atoms with Crippen LogP contribution in [0, 0.1) is 0 Å². The molecule has 3 aliphatic rings. The Morgan fingerprint density at radius 1 is 0.933 bits per heavy atom. The second kappa shape index (κ2) is 8.96. The summed E-state index contributed by atoms with van der Waals surface area (Å²) in [5, 5.41) is 3.42. The van der Waals surface area contributed by atoms with Gasteiger partial charge in [-0.3, -0.25) is 4.90 Å². The van der Waals surface area contributed by atoms with E-state index in [1.165, 1.54) is 23.2 Å². The first-order chi connectivity index (χ1) is 14.8. The zero-order valence-electron chi connectivity index (χ0n) is 17.8. The van der Waals surface area contributed by atoms with E-state index in [9.17, 15) is 0 Å². The third-order valence-electron chi connectivity index (χ3n) is 6.96. The van der Waals surface area contributed by atoms with E-state index in [1.807, 2.05) is 0 Å². The fraction of sp³-hybridized carbons (Fsp3) is 0.520. The Bertz CT molecular complexity index is 833. The third-order valence-corrected chi connectivity index (χ3v) is 6.96. The van der Waals surface area contributed by atoms with Crippen LogP contribution in [-0.4, -0.2) is 56.3 Å². The van der Waals surface area contributed by atoms with Crippen LogP contribution < -0.4 is 20.7 Å². The largest absolute Gasteiger partial charge is 0.484 e. The highest BCUT2D eigenvalue weighted by atomic mass is 16.5. The number of likely N-dealkylation sites (tertiary alicyclic amines) is 1. The number of aryl methyl sites for hydroxylation is 1. The van der Waals surface area contributed by atoms with Crippen molar-refractivity contribution in [3.63, 3.8) is 0 Å². The van der Waals surface area contributed by atoms with Crippen molar-refractivity contribution in [1.82, 2.24) is 10.2 Å². The number of nitrogens with zero attached hydrogens (tertiary/aromatic N) is 2. The van der Waals surface area contributed by atoms with Crippen LogP contribution in [0.2, 0.25) is 0 Å². The Morgan fingerprint density at radius 3 is 2.53 bits per heavy atom. The second-order valence-electron chi connectivity index (χ2n) is 8.97. The van der Waals surface area contributed by atoms with Crippen LogP contribution in [0.5, 0.6) is 5.75 Å². The first-order valence-corrected chi connectivity index (χ1v) is 11.6. The second-order valence-corrected chi connectivity index (χ2v) is 8.97. The molecule has 30 heavy (non-hydrogen) atoms. The quantitative estimate of drug-likeness (QED) is 0.818. The van der Waals surface area contributed by atoms with Gasteiger partial charge in [-0.05, 0) is 67.6 Å². The molecule has 3 atom stereocenters. The Hall–Kier alpha value is -2.08. The van der Waals surface area contributed by atoms with Gasteiger partial charge in [-0.25, -0.2) is 0 Å². The number of piperidine rings is 1. The van der Waals surface area contributed by atoms with E-state index >= 15 is 0 Å². The number of rotatable bonds is 4. The van der Waals surface area contributed by atoms with Crippen molar-refractivity contribution in [2.75, 3.05) is 44.2 Å². The molecule has 2 aromatic rings. The van der Waals surface area contributed by atoms with Crippen molar-refractivity contribution >= 4 is 5.69 Å². The van der Waals surface area contributed by atoms with Crippen molar-refractivity contribution in [3.05, 3.63) is 59.7 Å². The maximum Gasteiger partial charge on any atom is 0.139 e. The van der Waals surface area contributed by atoms with Gasteiger partial charge in [0.15, 0.2) is 0 Å². The molecule has 2 fully saturated rings. The molecule has 0 aromatic heterocycles. The summed E-state index contributed by atoms with van der Waals surface area (Å²) in [7, 11) is 0. The summed E-state index contributed by atoms with van der Waals surface area (Å²) in [6, 6.07) is 18.2. The van der Waals surface area contributed by atoms with E-state index < -0.39 is 0 Å². The zero-order chi connectivity index (χ0) is 20.3. The monoisotopic (exact) mass is 406 g/mol. The number of anilines is 1. The van der Waals surface area contributed by atoms with Crippen LogP contribution >= 0.6 is 0 Å². The van der Waals surface area contributed by atoms with E-state index in [0.29, 0.717) is 6.04 Å². The molecule has 5 rings (SSSR count). The van der Waals surface area contributed by atoms with Gasteiger partial charge >= 0.3 is 0 Å². The topological polar surface area (TPSA) is 53.8 Å². The molecule has 2 heterocycles. The summed E-state index contributed by atoms with van der Waals surface area (Å²) in [6.07, 6.45) is 4.64. The lowest BCUT2D eigenvalue weighted by Crippen LogP contribution is -2.51. The predicted octanol–water partition coefficient (Wildman–Crippen LogP) is 2.95. The van der Waals surface area contributed by atoms with Crippen LogP contribution in [0.15, 0.2) is 48.5 Å². The summed E-state index contributed by atoms with van der Waals surface area (Å²) < 4.78 is 6.71. The highest BCUT2D eigenvalue weighted by Crippen LogP contribution is 2.37. The maximum absolute atomic E-state index is 6.71. The van der Waals surface area contributed by atoms with Crippen molar-refractivity contribution in [1.29, 1.82) is 0 Å². The normalized spacial score (nSPS) is 27.5. The Balaban J connectivity index is 1.37. The lowest BCUT2D eigenvalue weighted by molar-refractivity contribution is 0.0367. The van der Waals surface area contributed by atoms with E-state index in [0.717, 1.165) is 64.3 Å². The van der Waals surface area contributed by atoms with Crippen LogP contribution in [0.1, 0.15) is 36.5 Å². The van der Waals surface area contributed by atoms with Gasteiger partial charge in [0, 0.05) is 44.5 Å². The fourth-order valence-electron chi connectivity index (χ4n) is 5.36. The molecule has 2 aliphatic heterocycles. The van der Waals surface area contributed by atoms with Crippen LogP contribution in [0.25, 0.3) is 0 Å². The zero-order valence-corrected chi connectivity index (χ0v) is 17.8. The molecule has 0 bridgehead atoms. The third kappa shape index (κ3) is 4.20. The molecule has 160 valence electrons. The van der Waals surface area contributed by atoms with Crippen molar-refractivity contribution in [3.8, 4) is 5.75 Å². The number of nitrogens with one attached hydrogen (secondary N) is 1. The minimum absolute atomic E-state index is 0.0605. The average Bonchev–Trinajstić information content (AvgIpc) is 2.80. The lowest BCUT2D eigenvalue weighted by atomic mass is 9.84. The molecule has 0 spiro atoms. The molecule has 2 saturated heterocycles. The summed E-state index contributed by atoms with van der Waals surface area (Å²) in [5.74, 6) is 0.960. The highest BCUT2D eigenvalue weighted by Gasteiger charge is 2.36. The van der Waals surface area contributed by atoms with E-state index in [-0.39, 0.29) is 12.1 Å². The first-order valence-electron chi connectivity index (χ1n) is 11.6. The Kier molecular flexibility index (Phi) is 5.93. The van der Waals surface area contributed by atoms with E-state index in [2.05, 4.69) is 63.6 Å². The molecule has 5 nitrogen and oxygen atoms in total. The van der Waals surface area contributed by atoms with Gasteiger partial charge in [0.2, 0.25) is 0 Å². The van der Waals surface area contributed by atoms with Gasteiger partial charge in [-0.1, -0.05) is 24.3 Å². The molecule has 0 radical (unpaired) electrons. The standard InChI is InChI=1S/C25H34N4O/c26-20-5-3-15-29(18-20)24-12-7-19-4-1-2-6-23(19)25(24)30-22-10-8-21(9-11-22)28-16-13-27-14-17-28/h1-2,4,6,8-11,20,24-25,27H,3,5,7,12-18,26H2/t20-,24?,25?/m0/s1. The van der Waals surface area contributed by atoms with E-state index in [4.69, 9.17) is 10.5 Å². The van der Waals surface area contributed by atoms with Crippen molar-refractivity contribution < 1.29 is 4.74 Å². The number of piperazine rings is 1. The SMILES string of the molecule is N[C@H]1CCCN(C2CCc3ccccc3C2Oc2ccc(N3CCNCC3)cc2)C1. The van der Waals surface area contributed by atoms with Gasteiger partial charge in [-0.15, -0.1) is 0 Å². The van der Waals surface area contributed by atoms with Crippen LogP contribution in [-0.2, 0) is 6.42 Å². The fourth-order valence-corrected chi connectivity index (χ4v) is 5.36. The van der Waals surface area contributed by atoms with Crippen LogP contribution in [0.3, 0.4) is 0 Å². The molecule has 0 saturated carbocycles. The molecule has 3 N–H and O–H groups in total. The molecule has 2 unspecified atom stereocenters. The van der Waals surface area contributed by atoms with Gasteiger partial charge in [0.1, 0.15) is 11.9 Å². The minimum atomic E-state index is 0.0605. The number of fused-ring (bicyclic) bond motifs is 1. The number of benzene rings is 2. The number of hydrogen-bond acceptors (Lipinski definition) is 5. The summed E-state index contributed by atoms with van der Waals surface area (Å²) in [5.41, 5.74) is 10.4. The molecular weight excluding hydrogens is 372 g/mol. The highest BCUT2D eigenvalue weighted by molar-refractivity contribution is 5.49. The summed E-state index contributed by atoms with van der Waals surface area (Å²) in [6.45, 7) is 6.34. The van der Waals surface area contributed by atoms with Crippen molar-refractivity contribution in [2.45, 2.75) is 43.9 Å². The average molecular weight is 407 g/mol. The summed E-state index contributed by atoms with van der Waals surface area (Å²) in [4.78, 5) is 5.03. The molecule has 0 amide bonds. The van der Waals surface area contributed by atoms with E-state index in [1.54, 1.807) is 0 Å². The molecule has 2 aromatic carbocycles. The van der Waals surface area contributed by atoms with Gasteiger partial charge in [-0.2, -0.15) is 0 Å². The van der Waals surface area contributed by atoms with Gasteiger partial charge in [0.05, 0.1) is 6.04 Å². The minimum Gasteiger partial charge on any atom is -0.484 e. The number of nitrogens with two attached hydrogens (primary N) is 1. The number of ether oxygens (including phenoxy) is 1. The maximum atomic E-state index is 6.71. The lowest BCUT2D eigenvalue weighted by Gasteiger charge is -2.43. The Labute approximate surface area is 180 Å². The van der Waals surface area contributed by atoms with Crippen LogP contribution in [0.4, 0.5) is 5.69 Å².